The van der Waals surface area contributed by atoms with Gasteiger partial charge in [-0.3, -0.25) is 4.68 Å². The third-order valence-corrected chi connectivity index (χ3v) is 3.90. The SMILES string of the molecule is CC(C)n1ccc(Cn2cc3c(c2)C(N)CCC3)n1. The number of aromatic nitrogens is 3. The van der Waals surface area contributed by atoms with Crippen LogP contribution in [0.3, 0.4) is 0 Å². The second-order valence-electron chi connectivity index (χ2n) is 5.79. The highest BCUT2D eigenvalue weighted by Crippen LogP contribution is 2.28. The van der Waals surface area contributed by atoms with Crippen molar-refractivity contribution in [1.29, 1.82) is 0 Å². The molecule has 1 unspecified atom stereocenters. The highest BCUT2D eigenvalue weighted by atomic mass is 15.3. The third kappa shape index (κ3) is 2.45. The number of rotatable bonds is 3. The molecule has 1 aliphatic carbocycles. The second kappa shape index (κ2) is 4.85. The van der Waals surface area contributed by atoms with Crippen LogP contribution in [0.5, 0.6) is 0 Å². The van der Waals surface area contributed by atoms with E-state index in [2.05, 4.69) is 48.2 Å². The van der Waals surface area contributed by atoms with Crippen molar-refractivity contribution in [2.24, 2.45) is 5.73 Å². The predicted molar refractivity (Wildman–Crippen MR) is 76.0 cm³/mol. The van der Waals surface area contributed by atoms with Gasteiger partial charge < -0.3 is 10.3 Å². The molecule has 0 saturated heterocycles. The Hall–Kier alpha value is -1.55. The average molecular weight is 258 g/mol. The maximum atomic E-state index is 6.16. The Bertz CT molecular complexity index is 564. The third-order valence-electron chi connectivity index (χ3n) is 3.90. The van der Waals surface area contributed by atoms with Gasteiger partial charge in [-0.1, -0.05) is 0 Å². The van der Waals surface area contributed by atoms with E-state index in [4.69, 9.17) is 5.73 Å². The first-order valence-corrected chi connectivity index (χ1v) is 7.11. The molecule has 0 fully saturated rings. The summed E-state index contributed by atoms with van der Waals surface area (Å²) >= 11 is 0. The first-order valence-electron chi connectivity index (χ1n) is 7.11. The van der Waals surface area contributed by atoms with Gasteiger partial charge in [-0.15, -0.1) is 0 Å². The monoisotopic (exact) mass is 258 g/mol. The largest absolute Gasteiger partial charge is 0.348 e. The molecule has 2 aromatic heterocycles. The van der Waals surface area contributed by atoms with Crippen LogP contribution in [-0.4, -0.2) is 14.3 Å². The fourth-order valence-corrected chi connectivity index (χ4v) is 2.81. The van der Waals surface area contributed by atoms with E-state index in [1.54, 1.807) is 0 Å². The molecule has 2 heterocycles. The normalized spacial score (nSPS) is 18.8. The summed E-state index contributed by atoms with van der Waals surface area (Å²) in [7, 11) is 0. The summed E-state index contributed by atoms with van der Waals surface area (Å²) in [6.07, 6.45) is 9.97. The van der Waals surface area contributed by atoms with E-state index >= 15 is 0 Å². The first kappa shape index (κ1) is 12.5. The number of nitrogens with zero attached hydrogens (tertiary/aromatic N) is 3. The highest BCUT2D eigenvalue weighted by Gasteiger charge is 2.18. The van der Waals surface area contributed by atoms with Crippen molar-refractivity contribution in [3.63, 3.8) is 0 Å². The number of fused-ring (bicyclic) bond motifs is 1. The molecule has 0 bridgehead atoms. The van der Waals surface area contributed by atoms with E-state index < -0.39 is 0 Å². The average Bonchev–Trinajstić information content (AvgIpc) is 2.96. The van der Waals surface area contributed by atoms with E-state index in [1.165, 1.54) is 17.5 Å². The standard InChI is InChI=1S/C15H22N4/c1-11(2)19-7-6-13(17-19)9-18-8-12-4-3-5-15(16)14(12)10-18/h6-8,10-11,15H,3-5,9,16H2,1-2H3. The quantitative estimate of drug-likeness (QED) is 0.920. The minimum Gasteiger partial charge on any atom is -0.348 e. The zero-order valence-corrected chi connectivity index (χ0v) is 11.7. The number of nitrogens with two attached hydrogens (primary N) is 1. The lowest BCUT2D eigenvalue weighted by Crippen LogP contribution is -2.15. The van der Waals surface area contributed by atoms with Crippen LogP contribution < -0.4 is 5.73 Å². The number of hydrogen-bond donors (Lipinski definition) is 1. The van der Waals surface area contributed by atoms with Crippen molar-refractivity contribution in [3.8, 4) is 0 Å². The molecule has 2 N–H and O–H groups in total. The van der Waals surface area contributed by atoms with Crippen molar-refractivity contribution in [2.75, 3.05) is 0 Å². The second-order valence-corrected chi connectivity index (χ2v) is 5.79. The maximum Gasteiger partial charge on any atom is 0.0821 e. The summed E-state index contributed by atoms with van der Waals surface area (Å²) in [4.78, 5) is 0. The van der Waals surface area contributed by atoms with Crippen LogP contribution in [-0.2, 0) is 13.0 Å². The van der Waals surface area contributed by atoms with Gasteiger partial charge in [-0.2, -0.15) is 5.10 Å². The van der Waals surface area contributed by atoms with Gasteiger partial charge >= 0.3 is 0 Å². The Morgan fingerprint density at radius 2 is 2.26 bits per heavy atom. The Kier molecular flexibility index (Phi) is 3.19. The summed E-state index contributed by atoms with van der Waals surface area (Å²) in [5.41, 5.74) is 10.0. The van der Waals surface area contributed by atoms with Crippen LogP contribution in [0.2, 0.25) is 0 Å². The molecule has 0 radical (unpaired) electrons. The van der Waals surface area contributed by atoms with Crippen molar-refractivity contribution in [3.05, 3.63) is 41.5 Å². The van der Waals surface area contributed by atoms with E-state index in [-0.39, 0.29) is 6.04 Å². The molecule has 0 saturated carbocycles. The fourth-order valence-electron chi connectivity index (χ4n) is 2.81. The van der Waals surface area contributed by atoms with Gasteiger partial charge in [-0.25, -0.2) is 0 Å². The zero-order chi connectivity index (χ0) is 13.4. The van der Waals surface area contributed by atoms with Crippen LogP contribution in [0.4, 0.5) is 0 Å². The van der Waals surface area contributed by atoms with Crippen LogP contribution in [0.1, 0.15) is 55.6 Å². The van der Waals surface area contributed by atoms with E-state index in [0.717, 1.165) is 25.1 Å². The molecule has 2 aromatic rings. The number of hydrogen-bond acceptors (Lipinski definition) is 2. The van der Waals surface area contributed by atoms with Crippen LogP contribution >= 0.6 is 0 Å². The van der Waals surface area contributed by atoms with Crippen molar-refractivity contribution >= 4 is 0 Å². The first-order chi connectivity index (χ1) is 9.13. The molecular formula is C15H22N4. The minimum atomic E-state index is 0.221. The maximum absolute atomic E-state index is 6.16. The van der Waals surface area contributed by atoms with E-state index in [1.807, 2.05) is 4.68 Å². The summed E-state index contributed by atoms with van der Waals surface area (Å²) in [5.74, 6) is 0. The van der Waals surface area contributed by atoms with Crippen molar-refractivity contribution in [2.45, 2.75) is 51.7 Å². The molecule has 1 aliphatic rings. The summed E-state index contributed by atoms with van der Waals surface area (Å²) in [6.45, 7) is 5.12. The summed E-state index contributed by atoms with van der Waals surface area (Å²) in [5, 5.41) is 4.59. The summed E-state index contributed by atoms with van der Waals surface area (Å²) < 4.78 is 4.23. The van der Waals surface area contributed by atoms with Crippen molar-refractivity contribution < 1.29 is 0 Å². The molecule has 4 nitrogen and oxygen atoms in total. The van der Waals surface area contributed by atoms with Gasteiger partial charge in [0.25, 0.3) is 0 Å². The minimum absolute atomic E-state index is 0.221. The van der Waals surface area contributed by atoms with E-state index in [9.17, 15) is 0 Å². The molecule has 3 rings (SSSR count). The van der Waals surface area contributed by atoms with Crippen LogP contribution in [0.15, 0.2) is 24.7 Å². The lowest BCUT2D eigenvalue weighted by molar-refractivity contribution is 0.523. The van der Waals surface area contributed by atoms with Gasteiger partial charge in [-0.05, 0) is 50.3 Å². The summed E-state index contributed by atoms with van der Waals surface area (Å²) in [6, 6.07) is 2.73. The fraction of sp³-hybridized carbons (Fsp3) is 0.533. The molecule has 19 heavy (non-hydrogen) atoms. The van der Waals surface area contributed by atoms with Gasteiger partial charge in [0.15, 0.2) is 0 Å². The Morgan fingerprint density at radius 3 is 2.95 bits per heavy atom. The van der Waals surface area contributed by atoms with Gasteiger partial charge in [0.05, 0.1) is 12.2 Å². The van der Waals surface area contributed by atoms with E-state index in [0.29, 0.717) is 6.04 Å². The lowest BCUT2D eigenvalue weighted by atomic mass is 9.92. The Balaban J connectivity index is 1.79. The molecule has 1 atom stereocenters. The van der Waals surface area contributed by atoms with Gasteiger partial charge in [0.2, 0.25) is 0 Å². The Morgan fingerprint density at radius 1 is 1.42 bits per heavy atom. The smallest absolute Gasteiger partial charge is 0.0821 e. The molecule has 102 valence electrons. The van der Waals surface area contributed by atoms with Crippen LogP contribution in [0, 0.1) is 0 Å². The molecule has 0 amide bonds. The molecule has 0 aromatic carbocycles. The number of aryl methyl sites for hydroxylation is 1. The molecule has 0 aliphatic heterocycles. The predicted octanol–water partition coefficient (Wildman–Crippen LogP) is 2.65. The van der Waals surface area contributed by atoms with Gasteiger partial charge in [0, 0.05) is 30.7 Å². The Labute approximate surface area is 114 Å². The lowest BCUT2D eigenvalue weighted by Gasteiger charge is -2.17. The topological polar surface area (TPSA) is 48.8 Å². The molecular weight excluding hydrogens is 236 g/mol. The zero-order valence-electron chi connectivity index (χ0n) is 11.7. The highest BCUT2D eigenvalue weighted by molar-refractivity contribution is 5.30. The molecule has 0 spiro atoms. The van der Waals surface area contributed by atoms with Gasteiger partial charge in [0.1, 0.15) is 0 Å². The van der Waals surface area contributed by atoms with Crippen molar-refractivity contribution in [1.82, 2.24) is 14.3 Å². The molecule has 4 heteroatoms. The van der Waals surface area contributed by atoms with Crippen LogP contribution in [0.25, 0.3) is 0 Å².